The summed E-state index contributed by atoms with van der Waals surface area (Å²) in [6.07, 6.45) is 0.346. The molecular formula is C14H8F3NO2S2. The third kappa shape index (κ3) is 2.42. The molecule has 1 aromatic carbocycles. The van der Waals surface area contributed by atoms with Gasteiger partial charge in [0.05, 0.1) is 10.5 Å². The number of benzene rings is 1. The maximum Gasteiger partial charge on any atom is 0.416 e. The van der Waals surface area contributed by atoms with Gasteiger partial charge < -0.3 is 0 Å². The minimum Gasteiger partial charge on any atom is -0.199 e. The molecule has 3 nitrogen and oxygen atoms in total. The van der Waals surface area contributed by atoms with Gasteiger partial charge in [-0.2, -0.15) is 26.0 Å². The van der Waals surface area contributed by atoms with Crippen molar-refractivity contribution in [2.75, 3.05) is 0 Å². The number of alkyl halides is 3. The zero-order chi connectivity index (χ0) is 16.1. The van der Waals surface area contributed by atoms with Crippen molar-refractivity contribution >= 4 is 38.9 Å². The molecule has 0 spiro atoms. The largest absolute Gasteiger partial charge is 0.416 e. The Hall–Kier alpha value is -1.80. The summed E-state index contributed by atoms with van der Waals surface area (Å²) in [6.45, 7) is 0. The summed E-state index contributed by atoms with van der Waals surface area (Å²) in [4.78, 5) is 0.00304. The Morgan fingerprint density at radius 3 is 2.64 bits per heavy atom. The highest BCUT2D eigenvalue weighted by Gasteiger charge is 2.34. The number of fused-ring (bicyclic) bond motifs is 2. The lowest BCUT2D eigenvalue weighted by atomic mass is 9.91. The van der Waals surface area contributed by atoms with Crippen LogP contribution in [0.2, 0.25) is 0 Å². The SMILES string of the molecule is O=S1(=O)N=CC2=C(C(=S)CC=C2)c2ccc(C(F)(F)F)cc21. The van der Waals surface area contributed by atoms with Gasteiger partial charge in [-0.05, 0) is 12.1 Å². The van der Waals surface area contributed by atoms with Crippen LogP contribution in [0.25, 0.3) is 5.57 Å². The molecule has 0 saturated heterocycles. The van der Waals surface area contributed by atoms with Crippen LogP contribution in [0.15, 0.2) is 45.2 Å². The van der Waals surface area contributed by atoms with E-state index in [0.717, 1.165) is 18.3 Å². The van der Waals surface area contributed by atoms with Gasteiger partial charge in [0.15, 0.2) is 0 Å². The molecule has 1 aromatic rings. The van der Waals surface area contributed by atoms with Crippen LogP contribution in [-0.2, 0) is 16.2 Å². The van der Waals surface area contributed by atoms with Crippen LogP contribution in [0, 0.1) is 0 Å². The summed E-state index contributed by atoms with van der Waals surface area (Å²) >= 11 is 5.23. The van der Waals surface area contributed by atoms with Gasteiger partial charge in [-0.25, -0.2) is 0 Å². The predicted octanol–water partition coefficient (Wildman–Crippen LogP) is 3.56. The van der Waals surface area contributed by atoms with E-state index < -0.39 is 26.7 Å². The minimum atomic E-state index is -4.63. The average Bonchev–Trinajstić information content (AvgIpc) is 2.54. The van der Waals surface area contributed by atoms with Crippen LogP contribution < -0.4 is 0 Å². The summed E-state index contributed by atoms with van der Waals surface area (Å²) in [7, 11) is -4.21. The van der Waals surface area contributed by atoms with Crippen molar-refractivity contribution in [1.29, 1.82) is 0 Å². The zero-order valence-corrected chi connectivity index (χ0v) is 12.5. The summed E-state index contributed by atoms with van der Waals surface area (Å²) in [6, 6.07) is 2.61. The van der Waals surface area contributed by atoms with Gasteiger partial charge in [-0.15, -0.1) is 0 Å². The first kappa shape index (κ1) is 15.1. The van der Waals surface area contributed by atoms with Gasteiger partial charge in [-0.3, -0.25) is 0 Å². The normalized spacial score (nSPS) is 19.7. The second-order valence-electron chi connectivity index (χ2n) is 4.78. The number of halogens is 3. The van der Waals surface area contributed by atoms with E-state index in [4.69, 9.17) is 12.2 Å². The summed E-state index contributed by atoms with van der Waals surface area (Å²) in [5.41, 5.74) is 0.0607. The molecule has 0 fully saturated rings. The maximum atomic E-state index is 12.8. The van der Waals surface area contributed by atoms with Crippen molar-refractivity contribution in [3.05, 3.63) is 47.1 Å². The van der Waals surface area contributed by atoms with E-state index in [0.29, 0.717) is 28.5 Å². The fourth-order valence-corrected chi connectivity index (χ4v) is 3.77. The first-order valence-electron chi connectivity index (χ1n) is 6.16. The summed E-state index contributed by atoms with van der Waals surface area (Å²) in [5, 5.41) is 0. The number of sulfonamides is 1. The molecule has 0 bridgehead atoms. The Morgan fingerprint density at radius 2 is 1.95 bits per heavy atom. The second-order valence-corrected chi connectivity index (χ2v) is 6.87. The highest BCUT2D eigenvalue weighted by atomic mass is 32.2. The first-order valence-corrected chi connectivity index (χ1v) is 8.01. The lowest BCUT2D eigenvalue weighted by Crippen LogP contribution is -2.11. The molecule has 8 heteroatoms. The number of allylic oxidation sites excluding steroid dienone is 4. The average molecular weight is 343 g/mol. The van der Waals surface area contributed by atoms with Crippen molar-refractivity contribution in [1.82, 2.24) is 0 Å². The van der Waals surface area contributed by atoms with E-state index >= 15 is 0 Å². The maximum absolute atomic E-state index is 12.8. The van der Waals surface area contributed by atoms with E-state index in [2.05, 4.69) is 4.40 Å². The molecule has 0 radical (unpaired) electrons. The first-order chi connectivity index (χ1) is 10.2. The van der Waals surface area contributed by atoms with Gasteiger partial charge in [-0.1, -0.05) is 30.4 Å². The molecule has 2 aliphatic rings. The molecule has 1 aliphatic carbocycles. The zero-order valence-electron chi connectivity index (χ0n) is 10.9. The predicted molar refractivity (Wildman–Crippen MR) is 80.4 cm³/mol. The standard InChI is InChI=1S/C14H8F3NO2S2/c15-14(16,17)9-4-5-10-12(6-9)22(19,20)18-7-8-2-1-3-11(21)13(8)10/h1-2,4-7H,3H2. The minimum absolute atomic E-state index is 0.162. The van der Waals surface area contributed by atoms with Crippen LogP contribution in [0.3, 0.4) is 0 Å². The van der Waals surface area contributed by atoms with Gasteiger partial charge >= 0.3 is 6.18 Å². The molecule has 0 unspecified atom stereocenters. The second kappa shape index (κ2) is 4.85. The third-order valence-electron chi connectivity index (χ3n) is 3.35. The highest BCUT2D eigenvalue weighted by Crippen LogP contribution is 2.38. The van der Waals surface area contributed by atoms with Gasteiger partial charge in [0.25, 0.3) is 10.0 Å². The van der Waals surface area contributed by atoms with Crippen LogP contribution >= 0.6 is 12.2 Å². The topological polar surface area (TPSA) is 46.5 Å². The molecule has 0 saturated carbocycles. The number of nitrogens with zero attached hydrogens (tertiary/aromatic N) is 1. The summed E-state index contributed by atoms with van der Waals surface area (Å²) < 4.78 is 66.3. The van der Waals surface area contributed by atoms with Crippen molar-refractivity contribution in [3.63, 3.8) is 0 Å². The highest BCUT2D eigenvalue weighted by molar-refractivity contribution is 7.90. The molecule has 0 N–H and O–H groups in total. The van der Waals surface area contributed by atoms with Crippen LogP contribution in [0.5, 0.6) is 0 Å². The van der Waals surface area contributed by atoms with Crippen molar-refractivity contribution < 1.29 is 21.6 Å². The van der Waals surface area contributed by atoms with Gasteiger partial charge in [0.2, 0.25) is 0 Å². The third-order valence-corrected chi connectivity index (χ3v) is 5.00. The Bertz CT molecular complexity index is 878. The molecule has 0 aromatic heterocycles. The van der Waals surface area contributed by atoms with Crippen molar-refractivity contribution in [3.8, 4) is 0 Å². The van der Waals surface area contributed by atoms with E-state index in [1.54, 1.807) is 12.2 Å². The number of rotatable bonds is 0. The fraction of sp³-hybridized carbons (Fsp3) is 0.143. The Labute approximate surface area is 129 Å². The summed E-state index contributed by atoms with van der Waals surface area (Å²) in [5.74, 6) is 0. The molecule has 114 valence electrons. The fourth-order valence-electron chi connectivity index (χ4n) is 2.35. The molecular weight excluding hydrogens is 335 g/mol. The van der Waals surface area contributed by atoms with E-state index in [-0.39, 0.29) is 5.56 Å². The Balaban J connectivity index is 2.36. The van der Waals surface area contributed by atoms with Crippen molar-refractivity contribution in [2.45, 2.75) is 17.5 Å². The van der Waals surface area contributed by atoms with E-state index in [1.807, 2.05) is 0 Å². The number of thiocarbonyl (C=S) groups is 1. The molecule has 1 heterocycles. The molecule has 0 atom stereocenters. The molecule has 3 rings (SSSR count). The van der Waals surface area contributed by atoms with Crippen LogP contribution in [0.1, 0.15) is 17.5 Å². The van der Waals surface area contributed by atoms with Crippen molar-refractivity contribution in [2.24, 2.45) is 4.40 Å². The molecule has 22 heavy (non-hydrogen) atoms. The molecule has 0 amide bonds. The lowest BCUT2D eigenvalue weighted by molar-refractivity contribution is -0.137. The lowest BCUT2D eigenvalue weighted by Gasteiger charge is -2.16. The Morgan fingerprint density at radius 1 is 1.23 bits per heavy atom. The van der Waals surface area contributed by atoms with E-state index in [9.17, 15) is 21.6 Å². The van der Waals surface area contributed by atoms with Crippen LogP contribution in [-0.4, -0.2) is 19.5 Å². The monoisotopic (exact) mass is 343 g/mol. The number of hydrogen-bond donors (Lipinski definition) is 0. The van der Waals surface area contributed by atoms with Gasteiger partial charge in [0.1, 0.15) is 0 Å². The Kier molecular flexibility index (Phi) is 3.33. The van der Waals surface area contributed by atoms with E-state index in [1.165, 1.54) is 0 Å². The number of hydrogen-bond acceptors (Lipinski definition) is 3. The quantitative estimate of drug-likeness (QED) is 0.677. The molecule has 1 aliphatic heterocycles. The van der Waals surface area contributed by atoms with Gasteiger partial charge in [0, 0.05) is 34.2 Å². The smallest absolute Gasteiger partial charge is 0.199 e. The van der Waals surface area contributed by atoms with Crippen LogP contribution in [0.4, 0.5) is 13.2 Å².